The van der Waals surface area contributed by atoms with Crippen molar-refractivity contribution in [2.75, 3.05) is 0 Å². The van der Waals surface area contributed by atoms with E-state index in [-0.39, 0.29) is 18.0 Å². The lowest BCUT2D eigenvalue weighted by molar-refractivity contribution is -0.122. The molecule has 3 aromatic rings. The molecule has 2 aromatic carbocycles. The van der Waals surface area contributed by atoms with Gasteiger partial charge in [0.05, 0.1) is 35.1 Å². The van der Waals surface area contributed by atoms with Crippen LogP contribution in [-0.4, -0.2) is 15.7 Å². The van der Waals surface area contributed by atoms with Gasteiger partial charge in [-0.25, -0.2) is 9.07 Å². The molecule has 30 heavy (non-hydrogen) atoms. The summed E-state index contributed by atoms with van der Waals surface area (Å²) in [6, 6.07) is 15.5. The van der Waals surface area contributed by atoms with E-state index in [0.717, 1.165) is 29.9 Å². The van der Waals surface area contributed by atoms with Crippen molar-refractivity contribution in [2.45, 2.75) is 38.1 Å². The number of nitrogens with one attached hydrogen (secondary N) is 1. The number of benzene rings is 2. The first-order chi connectivity index (χ1) is 14.5. The molecule has 5 nitrogen and oxygen atoms in total. The van der Waals surface area contributed by atoms with E-state index < -0.39 is 11.7 Å². The van der Waals surface area contributed by atoms with Gasteiger partial charge in [0.2, 0.25) is 5.91 Å². The molecule has 1 heterocycles. The summed E-state index contributed by atoms with van der Waals surface area (Å²) in [7, 11) is 0. The molecule has 0 bridgehead atoms. The van der Waals surface area contributed by atoms with E-state index >= 15 is 0 Å². The van der Waals surface area contributed by atoms with Crippen molar-refractivity contribution in [2.24, 2.45) is 0 Å². The number of amides is 1. The summed E-state index contributed by atoms with van der Waals surface area (Å²) in [6.45, 7) is 1.99. The van der Waals surface area contributed by atoms with Crippen molar-refractivity contribution in [1.29, 1.82) is 5.26 Å². The van der Waals surface area contributed by atoms with Gasteiger partial charge < -0.3 is 5.32 Å². The Morgan fingerprint density at radius 3 is 2.80 bits per heavy atom. The highest BCUT2D eigenvalue weighted by Crippen LogP contribution is 2.39. The first-order valence-electron chi connectivity index (χ1n) is 9.78. The van der Waals surface area contributed by atoms with E-state index in [0.29, 0.717) is 16.5 Å². The quantitative estimate of drug-likeness (QED) is 0.618. The van der Waals surface area contributed by atoms with Crippen LogP contribution >= 0.6 is 11.6 Å². The van der Waals surface area contributed by atoms with Crippen molar-refractivity contribution >= 4 is 17.5 Å². The molecule has 0 radical (unpaired) electrons. The topological polar surface area (TPSA) is 70.7 Å². The second-order valence-corrected chi connectivity index (χ2v) is 7.95. The average molecular weight is 423 g/mol. The lowest BCUT2D eigenvalue weighted by Gasteiger charge is -2.14. The maximum Gasteiger partial charge on any atom is 0.227 e. The number of nitriles is 1. The predicted octanol–water partition coefficient (Wildman–Crippen LogP) is 4.83. The third-order valence-corrected chi connectivity index (χ3v) is 5.54. The van der Waals surface area contributed by atoms with E-state index in [1.807, 2.05) is 28.9 Å². The summed E-state index contributed by atoms with van der Waals surface area (Å²) >= 11 is 6.14. The average Bonchev–Trinajstić information content (AvgIpc) is 3.51. The Bertz CT molecular complexity index is 1150. The van der Waals surface area contributed by atoms with E-state index in [1.165, 1.54) is 12.1 Å². The van der Waals surface area contributed by atoms with Gasteiger partial charge >= 0.3 is 0 Å². The SMILES string of the molecule is CC(C(=O)NCc1cc(C2CC2)nn1-c1cccc(Cl)c1)c1ccc(C#N)c(F)c1. The molecular formula is C23H20ClFN4O. The Balaban J connectivity index is 1.52. The molecular weight excluding hydrogens is 403 g/mol. The molecule has 1 atom stereocenters. The van der Waals surface area contributed by atoms with Crippen LogP contribution in [0.1, 0.15) is 54.1 Å². The van der Waals surface area contributed by atoms with Gasteiger partial charge in [-0.15, -0.1) is 0 Å². The fourth-order valence-electron chi connectivity index (χ4n) is 3.35. The summed E-state index contributed by atoms with van der Waals surface area (Å²) in [4.78, 5) is 12.7. The standard InChI is InChI=1S/C23H20ClFN4O/c1-14(16-7-8-17(12-26)21(25)9-16)23(30)27-13-20-11-22(15-5-6-15)28-29(20)19-4-2-3-18(24)10-19/h2-4,7-11,14-15H,5-6,13H2,1H3,(H,27,30). The minimum absolute atomic E-state index is 0.0376. The smallest absolute Gasteiger partial charge is 0.227 e. The van der Waals surface area contributed by atoms with E-state index in [4.69, 9.17) is 22.0 Å². The van der Waals surface area contributed by atoms with Gasteiger partial charge in [0.15, 0.2) is 0 Å². The van der Waals surface area contributed by atoms with Crippen LogP contribution in [0.3, 0.4) is 0 Å². The summed E-state index contributed by atoms with van der Waals surface area (Å²) in [5.74, 6) is -0.938. The zero-order valence-electron chi connectivity index (χ0n) is 16.4. The van der Waals surface area contributed by atoms with Crippen molar-refractivity contribution in [3.63, 3.8) is 0 Å². The normalized spacial score (nSPS) is 14.2. The molecule has 1 saturated carbocycles. The first kappa shape index (κ1) is 20.1. The van der Waals surface area contributed by atoms with Crippen LogP contribution in [0.15, 0.2) is 48.5 Å². The Kier molecular flexibility index (Phi) is 5.56. The van der Waals surface area contributed by atoms with Crippen LogP contribution in [0.4, 0.5) is 4.39 Å². The second-order valence-electron chi connectivity index (χ2n) is 7.52. The van der Waals surface area contributed by atoms with Crippen molar-refractivity contribution in [1.82, 2.24) is 15.1 Å². The molecule has 1 N–H and O–H groups in total. The third-order valence-electron chi connectivity index (χ3n) is 5.30. The highest BCUT2D eigenvalue weighted by molar-refractivity contribution is 6.30. The number of hydrogen-bond donors (Lipinski definition) is 1. The van der Waals surface area contributed by atoms with Gasteiger partial charge in [0, 0.05) is 10.9 Å². The molecule has 1 aromatic heterocycles. The van der Waals surface area contributed by atoms with Gasteiger partial charge in [-0.05, 0) is 61.7 Å². The molecule has 1 aliphatic rings. The highest BCUT2D eigenvalue weighted by Gasteiger charge is 2.28. The Hall–Kier alpha value is -3.17. The summed E-state index contributed by atoms with van der Waals surface area (Å²) in [6.07, 6.45) is 2.25. The molecule has 1 aliphatic carbocycles. The molecule has 0 aliphatic heterocycles. The molecule has 4 rings (SSSR count). The van der Waals surface area contributed by atoms with Crippen molar-refractivity contribution in [3.05, 3.63) is 81.9 Å². The van der Waals surface area contributed by atoms with E-state index in [2.05, 4.69) is 5.32 Å². The van der Waals surface area contributed by atoms with Crippen molar-refractivity contribution in [3.8, 4) is 11.8 Å². The van der Waals surface area contributed by atoms with Gasteiger partial charge in [-0.2, -0.15) is 10.4 Å². The zero-order chi connectivity index (χ0) is 21.3. The highest BCUT2D eigenvalue weighted by atomic mass is 35.5. The van der Waals surface area contributed by atoms with Crippen LogP contribution in [0, 0.1) is 17.1 Å². The fourth-order valence-corrected chi connectivity index (χ4v) is 3.53. The molecule has 152 valence electrons. The second kappa shape index (κ2) is 8.29. The first-order valence-corrected chi connectivity index (χ1v) is 10.2. The molecule has 1 fully saturated rings. The summed E-state index contributed by atoms with van der Waals surface area (Å²) in [5, 5.41) is 17.1. The van der Waals surface area contributed by atoms with Gasteiger partial charge in [-0.3, -0.25) is 4.79 Å². The number of nitrogens with zero attached hydrogens (tertiary/aromatic N) is 3. The Morgan fingerprint density at radius 1 is 1.33 bits per heavy atom. The molecule has 0 saturated heterocycles. The minimum Gasteiger partial charge on any atom is -0.350 e. The summed E-state index contributed by atoms with van der Waals surface area (Å²) < 4.78 is 15.7. The number of hydrogen-bond acceptors (Lipinski definition) is 3. The Morgan fingerprint density at radius 2 is 2.13 bits per heavy atom. The lowest BCUT2D eigenvalue weighted by Crippen LogP contribution is -2.28. The van der Waals surface area contributed by atoms with Crippen LogP contribution < -0.4 is 5.32 Å². The molecule has 0 spiro atoms. The van der Waals surface area contributed by atoms with Crippen LogP contribution in [0.5, 0.6) is 0 Å². The number of rotatable bonds is 6. The maximum atomic E-state index is 13.9. The molecule has 1 unspecified atom stereocenters. The molecule has 1 amide bonds. The number of halogens is 2. The predicted molar refractivity (Wildman–Crippen MR) is 112 cm³/mol. The molecule has 7 heteroatoms. The van der Waals surface area contributed by atoms with Crippen LogP contribution in [0.25, 0.3) is 5.69 Å². The lowest BCUT2D eigenvalue weighted by atomic mass is 9.99. The van der Waals surface area contributed by atoms with E-state index in [1.54, 1.807) is 25.1 Å². The Labute approximate surface area is 179 Å². The zero-order valence-corrected chi connectivity index (χ0v) is 17.2. The van der Waals surface area contributed by atoms with Gasteiger partial charge in [0.25, 0.3) is 0 Å². The number of carbonyl (C=O) groups is 1. The third kappa shape index (κ3) is 4.22. The monoisotopic (exact) mass is 422 g/mol. The minimum atomic E-state index is -0.622. The van der Waals surface area contributed by atoms with E-state index in [9.17, 15) is 9.18 Å². The van der Waals surface area contributed by atoms with Crippen LogP contribution in [-0.2, 0) is 11.3 Å². The maximum absolute atomic E-state index is 13.9. The number of carbonyl (C=O) groups excluding carboxylic acids is 1. The van der Waals surface area contributed by atoms with Crippen molar-refractivity contribution < 1.29 is 9.18 Å². The number of aromatic nitrogens is 2. The largest absolute Gasteiger partial charge is 0.350 e. The van der Waals surface area contributed by atoms with Gasteiger partial charge in [-0.1, -0.05) is 23.7 Å². The van der Waals surface area contributed by atoms with Crippen LogP contribution in [0.2, 0.25) is 5.02 Å². The fraction of sp³-hybridized carbons (Fsp3) is 0.261. The summed E-state index contributed by atoms with van der Waals surface area (Å²) in [5.41, 5.74) is 3.18. The van der Waals surface area contributed by atoms with Gasteiger partial charge in [0.1, 0.15) is 11.9 Å².